The van der Waals surface area contributed by atoms with Gasteiger partial charge in [-0.15, -0.1) is 0 Å². The summed E-state index contributed by atoms with van der Waals surface area (Å²) < 4.78 is 0. The zero-order valence-electron chi connectivity index (χ0n) is 12.2. The van der Waals surface area contributed by atoms with Gasteiger partial charge in [-0.05, 0) is 30.3 Å². The van der Waals surface area contributed by atoms with Crippen molar-refractivity contribution in [1.29, 1.82) is 0 Å². The summed E-state index contributed by atoms with van der Waals surface area (Å²) in [5, 5.41) is 2.28. The Morgan fingerprint density at radius 2 is 1.57 bits per heavy atom. The highest BCUT2D eigenvalue weighted by Crippen LogP contribution is 2.31. The molecule has 0 fully saturated rings. The van der Waals surface area contributed by atoms with Crippen molar-refractivity contribution in [3.63, 3.8) is 0 Å². The van der Waals surface area contributed by atoms with E-state index in [1.165, 1.54) is 0 Å². The van der Waals surface area contributed by atoms with Gasteiger partial charge in [-0.3, -0.25) is 4.79 Å². The standard InChI is InChI=1S/C20H12N2O/c23-20-14-6-2-4-8-17(14)22-19(20)12-9-10-18-15(11-12)13-5-1-3-7-16(13)21-18/h1-11,21H. The topological polar surface area (TPSA) is 45.2 Å². The summed E-state index contributed by atoms with van der Waals surface area (Å²) in [6.45, 7) is 0. The largest absolute Gasteiger partial charge is 0.355 e. The second kappa shape index (κ2) is 4.40. The van der Waals surface area contributed by atoms with Crippen LogP contribution >= 0.6 is 0 Å². The molecule has 3 heteroatoms. The summed E-state index contributed by atoms with van der Waals surface area (Å²) in [6.07, 6.45) is 0. The Labute approximate surface area is 132 Å². The fourth-order valence-electron chi connectivity index (χ4n) is 3.25. The number of carbonyl (C=O) groups is 1. The van der Waals surface area contributed by atoms with Crippen LogP contribution in [0.1, 0.15) is 15.9 Å². The number of fused-ring (bicyclic) bond motifs is 4. The Bertz CT molecular complexity index is 1130. The maximum Gasteiger partial charge on any atom is 0.214 e. The molecule has 0 radical (unpaired) electrons. The molecule has 1 N–H and O–H groups in total. The number of Topliss-reactive ketones (excluding diaryl/α,β-unsaturated/α-hetero) is 1. The molecule has 23 heavy (non-hydrogen) atoms. The SMILES string of the molecule is O=C1C(c2ccc3[nH]c4ccccc4c3c2)=Nc2ccccc21. The van der Waals surface area contributed by atoms with E-state index in [9.17, 15) is 4.79 Å². The lowest BCUT2D eigenvalue weighted by atomic mass is 10.0. The Balaban J connectivity index is 1.73. The Morgan fingerprint density at radius 3 is 2.48 bits per heavy atom. The van der Waals surface area contributed by atoms with Crippen molar-refractivity contribution in [2.75, 3.05) is 0 Å². The predicted molar refractivity (Wildman–Crippen MR) is 92.8 cm³/mol. The van der Waals surface area contributed by atoms with Gasteiger partial charge in [0.05, 0.1) is 5.69 Å². The highest BCUT2D eigenvalue weighted by Gasteiger charge is 2.25. The minimum Gasteiger partial charge on any atom is -0.355 e. The first-order valence-electron chi connectivity index (χ1n) is 7.54. The number of nitrogens with one attached hydrogen (secondary N) is 1. The van der Waals surface area contributed by atoms with Crippen molar-refractivity contribution in [1.82, 2.24) is 4.98 Å². The second-order valence-electron chi connectivity index (χ2n) is 5.74. The van der Waals surface area contributed by atoms with Gasteiger partial charge in [-0.2, -0.15) is 0 Å². The van der Waals surface area contributed by atoms with E-state index in [1.54, 1.807) is 0 Å². The van der Waals surface area contributed by atoms with E-state index in [1.807, 2.05) is 48.5 Å². The summed E-state index contributed by atoms with van der Waals surface area (Å²) in [5.41, 5.74) is 5.00. The number of ketones is 1. The third-order valence-corrected chi connectivity index (χ3v) is 4.38. The van der Waals surface area contributed by atoms with Crippen molar-refractivity contribution in [2.24, 2.45) is 4.99 Å². The first-order valence-corrected chi connectivity index (χ1v) is 7.54. The number of hydrogen-bond donors (Lipinski definition) is 1. The third kappa shape index (κ3) is 1.70. The van der Waals surface area contributed by atoms with Crippen LogP contribution in [0.2, 0.25) is 0 Å². The first kappa shape index (κ1) is 12.4. The number of aromatic nitrogens is 1. The number of hydrogen-bond acceptors (Lipinski definition) is 2. The molecule has 0 spiro atoms. The summed E-state index contributed by atoms with van der Waals surface area (Å²) >= 11 is 0. The van der Waals surface area contributed by atoms with Gasteiger partial charge < -0.3 is 4.98 Å². The number of para-hydroxylation sites is 2. The number of benzene rings is 3. The minimum absolute atomic E-state index is 0.000193. The number of aliphatic imine (C=N–C) groups is 1. The van der Waals surface area contributed by atoms with E-state index >= 15 is 0 Å². The van der Waals surface area contributed by atoms with Crippen molar-refractivity contribution in [3.05, 3.63) is 77.9 Å². The zero-order chi connectivity index (χ0) is 15.4. The summed E-state index contributed by atoms with van der Waals surface area (Å²) in [4.78, 5) is 20.5. The van der Waals surface area contributed by atoms with Crippen molar-refractivity contribution < 1.29 is 4.79 Å². The van der Waals surface area contributed by atoms with Crippen molar-refractivity contribution >= 4 is 39.0 Å². The minimum atomic E-state index is -0.000193. The van der Waals surface area contributed by atoms with Crippen LogP contribution in [0, 0.1) is 0 Å². The fourth-order valence-corrected chi connectivity index (χ4v) is 3.25. The van der Waals surface area contributed by atoms with Crippen LogP contribution in [0.3, 0.4) is 0 Å². The van der Waals surface area contributed by atoms with Gasteiger partial charge in [-0.25, -0.2) is 4.99 Å². The van der Waals surface area contributed by atoms with Gasteiger partial charge in [0.2, 0.25) is 5.78 Å². The first-order chi connectivity index (χ1) is 11.3. The second-order valence-corrected chi connectivity index (χ2v) is 5.74. The lowest BCUT2D eigenvalue weighted by molar-refractivity contribution is 0.107. The van der Waals surface area contributed by atoms with E-state index in [0.29, 0.717) is 11.3 Å². The normalized spacial score (nSPS) is 13.6. The monoisotopic (exact) mass is 296 g/mol. The summed E-state index contributed by atoms with van der Waals surface area (Å²) in [5.74, 6) is -0.000193. The summed E-state index contributed by atoms with van der Waals surface area (Å²) in [6, 6.07) is 21.7. The Hall–Kier alpha value is -3.20. The molecule has 0 saturated carbocycles. The van der Waals surface area contributed by atoms with E-state index in [2.05, 4.69) is 28.2 Å². The molecular formula is C20H12N2O. The molecule has 4 aromatic rings. The molecule has 0 bridgehead atoms. The molecule has 1 aromatic heterocycles. The Kier molecular flexibility index (Phi) is 2.36. The van der Waals surface area contributed by atoms with Gasteiger partial charge in [0, 0.05) is 32.9 Å². The van der Waals surface area contributed by atoms with Crippen LogP contribution in [-0.4, -0.2) is 16.5 Å². The van der Waals surface area contributed by atoms with E-state index < -0.39 is 0 Å². The number of H-pyrrole nitrogens is 1. The molecule has 108 valence electrons. The van der Waals surface area contributed by atoms with Gasteiger partial charge in [0.15, 0.2) is 0 Å². The molecule has 3 aromatic carbocycles. The third-order valence-electron chi connectivity index (χ3n) is 4.38. The smallest absolute Gasteiger partial charge is 0.214 e. The molecule has 3 nitrogen and oxygen atoms in total. The van der Waals surface area contributed by atoms with E-state index in [-0.39, 0.29) is 5.78 Å². The van der Waals surface area contributed by atoms with Crippen LogP contribution in [0.4, 0.5) is 5.69 Å². The fraction of sp³-hybridized carbons (Fsp3) is 0. The molecule has 0 unspecified atom stereocenters. The van der Waals surface area contributed by atoms with Crippen molar-refractivity contribution in [3.8, 4) is 0 Å². The van der Waals surface area contributed by atoms with Gasteiger partial charge in [0.1, 0.15) is 5.71 Å². The maximum atomic E-state index is 12.6. The van der Waals surface area contributed by atoms with E-state index in [4.69, 9.17) is 0 Å². The molecule has 2 heterocycles. The summed E-state index contributed by atoms with van der Waals surface area (Å²) in [7, 11) is 0. The van der Waals surface area contributed by atoms with E-state index in [0.717, 1.165) is 33.1 Å². The van der Waals surface area contributed by atoms with Gasteiger partial charge >= 0.3 is 0 Å². The molecule has 0 aliphatic carbocycles. The van der Waals surface area contributed by atoms with Gasteiger partial charge in [0.25, 0.3) is 0 Å². The van der Waals surface area contributed by atoms with Crippen LogP contribution in [-0.2, 0) is 0 Å². The molecule has 0 amide bonds. The molecule has 1 aliphatic heterocycles. The number of carbonyl (C=O) groups excluding carboxylic acids is 1. The lowest BCUT2D eigenvalue weighted by Gasteiger charge is -2.00. The van der Waals surface area contributed by atoms with Crippen LogP contribution in [0.25, 0.3) is 21.8 Å². The number of nitrogens with zero attached hydrogens (tertiary/aromatic N) is 1. The predicted octanol–water partition coefficient (Wildman–Crippen LogP) is 4.64. The van der Waals surface area contributed by atoms with Crippen LogP contribution in [0.15, 0.2) is 71.7 Å². The molecule has 5 rings (SSSR count). The zero-order valence-corrected chi connectivity index (χ0v) is 12.2. The lowest BCUT2D eigenvalue weighted by Crippen LogP contribution is -2.10. The average molecular weight is 296 g/mol. The molecule has 0 saturated heterocycles. The number of aromatic amines is 1. The molecule has 0 atom stereocenters. The van der Waals surface area contributed by atoms with Crippen LogP contribution < -0.4 is 0 Å². The average Bonchev–Trinajstić information content (AvgIpc) is 3.13. The Morgan fingerprint density at radius 1 is 0.783 bits per heavy atom. The molecular weight excluding hydrogens is 284 g/mol. The molecule has 1 aliphatic rings. The highest BCUT2D eigenvalue weighted by atomic mass is 16.1. The highest BCUT2D eigenvalue weighted by molar-refractivity contribution is 6.55. The number of rotatable bonds is 1. The van der Waals surface area contributed by atoms with Gasteiger partial charge in [-0.1, -0.05) is 36.4 Å². The van der Waals surface area contributed by atoms with Crippen molar-refractivity contribution in [2.45, 2.75) is 0 Å². The van der Waals surface area contributed by atoms with Crippen LogP contribution in [0.5, 0.6) is 0 Å². The maximum absolute atomic E-state index is 12.6. The quantitative estimate of drug-likeness (QED) is 0.546.